The number of hydrogen-bond acceptors (Lipinski definition) is 10. The van der Waals surface area contributed by atoms with Crippen LogP contribution < -0.4 is 15.0 Å². The fraction of sp³-hybridized carbons (Fsp3) is 0.538. The summed E-state index contributed by atoms with van der Waals surface area (Å²) in [4.78, 5) is 30.9. The maximum Gasteiger partial charge on any atom is 0.410 e. The number of halogens is 1. The minimum atomic E-state index is -0.565. The van der Waals surface area contributed by atoms with Gasteiger partial charge in [-0.2, -0.15) is 9.97 Å². The number of aromatic nitrogens is 3. The number of amides is 1. The first-order chi connectivity index (χ1) is 18.2. The number of ether oxygens (including phenoxy) is 3. The van der Waals surface area contributed by atoms with Crippen LogP contribution in [0.2, 0.25) is 0 Å². The summed E-state index contributed by atoms with van der Waals surface area (Å²) in [5.74, 6) is 1.13. The summed E-state index contributed by atoms with van der Waals surface area (Å²) >= 11 is 1.42. The standard InChI is InChI=1S/C26H33FN6O4S/c1-26(2,3)37-25(34)33-9-5-6-17(15-33)28-21-20(23-29-18-14-16(27)7-8-19(18)38-23)22(35-4)31-24(30-21)32-10-12-36-13-11-32/h7-8,14,17H,5-6,9-13,15H2,1-4H3,(H,28,30,31)/t17-/m1/s1. The molecule has 1 N–H and O–H groups in total. The number of rotatable bonds is 5. The number of carbonyl (C=O) groups excluding carboxylic acids is 1. The van der Waals surface area contributed by atoms with Crippen LogP contribution in [0.5, 0.6) is 5.88 Å². The maximum atomic E-state index is 13.9. The van der Waals surface area contributed by atoms with Crippen LogP contribution in [-0.4, -0.2) is 84.1 Å². The Bertz CT molecular complexity index is 1310. The van der Waals surface area contributed by atoms with Gasteiger partial charge >= 0.3 is 6.09 Å². The van der Waals surface area contributed by atoms with Gasteiger partial charge in [0.2, 0.25) is 11.8 Å². The first-order valence-corrected chi connectivity index (χ1v) is 13.6. The van der Waals surface area contributed by atoms with E-state index in [0.29, 0.717) is 73.1 Å². The van der Waals surface area contributed by atoms with Crippen LogP contribution in [0.1, 0.15) is 33.6 Å². The Kier molecular flexibility index (Phi) is 7.53. The lowest BCUT2D eigenvalue weighted by atomic mass is 10.1. The molecule has 2 aromatic heterocycles. The second-order valence-corrected chi connectivity index (χ2v) is 11.4. The van der Waals surface area contributed by atoms with E-state index >= 15 is 0 Å². The number of carbonyl (C=O) groups is 1. The second kappa shape index (κ2) is 10.9. The largest absolute Gasteiger partial charge is 0.480 e. The van der Waals surface area contributed by atoms with Gasteiger partial charge in [-0.25, -0.2) is 14.2 Å². The van der Waals surface area contributed by atoms with Crippen molar-refractivity contribution in [2.75, 3.05) is 56.7 Å². The summed E-state index contributed by atoms with van der Waals surface area (Å²) < 4.78 is 31.6. The van der Waals surface area contributed by atoms with E-state index in [9.17, 15) is 9.18 Å². The highest BCUT2D eigenvalue weighted by atomic mass is 32.1. The third-order valence-electron chi connectivity index (χ3n) is 6.33. The molecule has 3 aromatic rings. The van der Waals surface area contributed by atoms with Crippen molar-refractivity contribution in [3.63, 3.8) is 0 Å². The van der Waals surface area contributed by atoms with Crippen LogP contribution in [0, 0.1) is 5.82 Å². The Morgan fingerprint density at radius 3 is 2.71 bits per heavy atom. The number of hydrogen-bond donors (Lipinski definition) is 1. The Hall–Kier alpha value is -3.25. The molecule has 0 unspecified atom stereocenters. The molecule has 0 bridgehead atoms. The molecule has 0 radical (unpaired) electrons. The van der Waals surface area contributed by atoms with E-state index < -0.39 is 5.60 Å². The van der Waals surface area contributed by atoms with Crippen molar-refractivity contribution in [2.45, 2.75) is 45.3 Å². The molecule has 38 heavy (non-hydrogen) atoms. The normalized spacial score (nSPS) is 18.5. The molecule has 1 aromatic carbocycles. The molecule has 4 heterocycles. The third kappa shape index (κ3) is 5.91. The summed E-state index contributed by atoms with van der Waals surface area (Å²) in [5, 5.41) is 4.18. The number of nitrogens with zero attached hydrogens (tertiary/aromatic N) is 5. The Morgan fingerprint density at radius 2 is 1.97 bits per heavy atom. The van der Waals surface area contributed by atoms with Gasteiger partial charge in [-0.05, 0) is 45.7 Å². The molecule has 0 spiro atoms. The van der Waals surface area contributed by atoms with Gasteiger partial charge in [0, 0.05) is 38.3 Å². The Labute approximate surface area is 225 Å². The average Bonchev–Trinajstić information content (AvgIpc) is 3.30. The first kappa shape index (κ1) is 26.4. The first-order valence-electron chi connectivity index (χ1n) is 12.8. The number of likely N-dealkylation sites (tertiary alicyclic amines) is 1. The Morgan fingerprint density at radius 1 is 1.18 bits per heavy atom. The van der Waals surface area contributed by atoms with Crippen LogP contribution in [0.3, 0.4) is 0 Å². The van der Waals surface area contributed by atoms with Crippen LogP contribution in [0.25, 0.3) is 20.8 Å². The van der Waals surface area contributed by atoms with Gasteiger partial charge in [-0.1, -0.05) is 0 Å². The zero-order chi connectivity index (χ0) is 26.9. The molecular formula is C26H33FN6O4S. The van der Waals surface area contributed by atoms with Crippen molar-refractivity contribution in [1.29, 1.82) is 0 Å². The number of thiazole rings is 1. The molecule has 5 rings (SSSR count). The van der Waals surface area contributed by atoms with E-state index in [1.54, 1.807) is 18.1 Å². The van der Waals surface area contributed by atoms with Crippen molar-refractivity contribution in [2.24, 2.45) is 0 Å². The zero-order valence-electron chi connectivity index (χ0n) is 22.1. The van der Waals surface area contributed by atoms with Gasteiger partial charge in [0.1, 0.15) is 27.8 Å². The predicted molar refractivity (Wildman–Crippen MR) is 145 cm³/mol. The Balaban J connectivity index is 1.51. The van der Waals surface area contributed by atoms with Crippen molar-refractivity contribution in [1.82, 2.24) is 19.9 Å². The van der Waals surface area contributed by atoms with E-state index in [1.807, 2.05) is 20.8 Å². The monoisotopic (exact) mass is 544 g/mol. The number of morpholine rings is 1. The summed E-state index contributed by atoms with van der Waals surface area (Å²) in [5.41, 5.74) is 0.605. The predicted octanol–water partition coefficient (Wildman–Crippen LogP) is 4.55. The van der Waals surface area contributed by atoms with Crippen molar-refractivity contribution in [3.8, 4) is 16.5 Å². The number of methoxy groups -OCH3 is 1. The van der Waals surface area contributed by atoms with Gasteiger partial charge in [0.05, 0.1) is 30.5 Å². The number of fused-ring (bicyclic) bond motifs is 1. The molecule has 204 valence electrons. The smallest absolute Gasteiger partial charge is 0.410 e. The lowest BCUT2D eigenvalue weighted by molar-refractivity contribution is 0.0206. The molecule has 2 fully saturated rings. The topological polar surface area (TPSA) is 102 Å². The summed E-state index contributed by atoms with van der Waals surface area (Å²) in [6.45, 7) is 9.20. The highest BCUT2D eigenvalue weighted by molar-refractivity contribution is 7.21. The molecule has 1 atom stereocenters. The molecule has 2 aliphatic rings. The van der Waals surface area contributed by atoms with Crippen LogP contribution in [0.15, 0.2) is 18.2 Å². The lowest BCUT2D eigenvalue weighted by Gasteiger charge is -2.35. The van der Waals surface area contributed by atoms with Gasteiger partial charge in [-0.15, -0.1) is 11.3 Å². The molecule has 1 amide bonds. The van der Waals surface area contributed by atoms with E-state index in [4.69, 9.17) is 29.2 Å². The molecular weight excluding hydrogens is 511 g/mol. The number of benzene rings is 1. The molecule has 12 heteroatoms. The van der Waals surface area contributed by atoms with E-state index in [-0.39, 0.29) is 18.0 Å². The minimum absolute atomic E-state index is 0.0704. The van der Waals surface area contributed by atoms with Gasteiger partial charge in [0.25, 0.3) is 0 Å². The summed E-state index contributed by atoms with van der Waals surface area (Å²) in [7, 11) is 1.57. The zero-order valence-corrected chi connectivity index (χ0v) is 22.9. The highest BCUT2D eigenvalue weighted by Gasteiger charge is 2.30. The SMILES string of the molecule is COc1nc(N2CCOCC2)nc(N[C@@H]2CCCN(C(=O)OC(C)(C)C)C2)c1-c1nc2cc(F)ccc2s1. The average molecular weight is 545 g/mol. The maximum absolute atomic E-state index is 13.9. The number of nitrogens with one attached hydrogen (secondary N) is 1. The lowest BCUT2D eigenvalue weighted by Crippen LogP contribution is -2.47. The summed E-state index contributed by atoms with van der Waals surface area (Å²) in [6, 6.07) is 4.48. The van der Waals surface area contributed by atoms with Gasteiger partial charge in [-0.3, -0.25) is 0 Å². The minimum Gasteiger partial charge on any atom is -0.480 e. The van der Waals surface area contributed by atoms with Crippen LogP contribution in [-0.2, 0) is 9.47 Å². The fourth-order valence-electron chi connectivity index (χ4n) is 4.57. The van der Waals surface area contributed by atoms with Crippen molar-refractivity contribution in [3.05, 3.63) is 24.0 Å². The number of anilines is 2. The second-order valence-electron chi connectivity index (χ2n) is 10.4. The van der Waals surface area contributed by atoms with Crippen LogP contribution in [0.4, 0.5) is 21.0 Å². The van der Waals surface area contributed by atoms with E-state index in [0.717, 1.165) is 17.5 Å². The van der Waals surface area contributed by atoms with Crippen molar-refractivity contribution < 1.29 is 23.4 Å². The van der Waals surface area contributed by atoms with Gasteiger partial charge < -0.3 is 29.3 Å². The highest BCUT2D eigenvalue weighted by Crippen LogP contribution is 2.41. The molecule has 2 aliphatic heterocycles. The number of piperidine rings is 1. The van der Waals surface area contributed by atoms with E-state index in [1.165, 1.54) is 23.5 Å². The quantitative estimate of drug-likeness (QED) is 0.496. The van der Waals surface area contributed by atoms with Gasteiger partial charge in [0.15, 0.2) is 0 Å². The van der Waals surface area contributed by atoms with E-state index in [2.05, 4.69) is 10.2 Å². The molecule has 0 aliphatic carbocycles. The fourth-order valence-corrected chi connectivity index (χ4v) is 5.55. The molecule has 0 saturated carbocycles. The van der Waals surface area contributed by atoms with Crippen molar-refractivity contribution >= 4 is 39.4 Å². The van der Waals surface area contributed by atoms with Crippen LogP contribution >= 0.6 is 11.3 Å². The molecule has 10 nitrogen and oxygen atoms in total. The summed E-state index contributed by atoms with van der Waals surface area (Å²) in [6.07, 6.45) is 1.35. The molecule has 2 saturated heterocycles. The third-order valence-corrected chi connectivity index (χ3v) is 7.38.